The lowest BCUT2D eigenvalue weighted by Gasteiger charge is -2.33. The van der Waals surface area contributed by atoms with Crippen molar-refractivity contribution in [1.29, 1.82) is 0 Å². The van der Waals surface area contributed by atoms with Gasteiger partial charge in [0.25, 0.3) is 11.8 Å². The maximum atomic E-state index is 14.6. The van der Waals surface area contributed by atoms with Crippen LogP contribution in [0, 0.1) is 0 Å². The maximum Gasteiger partial charge on any atom is 0.348 e. The number of imide groups is 1. The Morgan fingerprint density at radius 3 is 2.50 bits per heavy atom. The second-order valence-electron chi connectivity index (χ2n) is 8.06. The molecule has 2 aromatic rings. The summed E-state index contributed by atoms with van der Waals surface area (Å²) >= 11 is 5.71. The Labute approximate surface area is 201 Å². The second kappa shape index (κ2) is 8.87. The first kappa shape index (κ1) is 23.9. The van der Waals surface area contributed by atoms with E-state index >= 15 is 0 Å². The molecule has 2 aliphatic heterocycles. The number of rotatable bonds is 5. The zero-order valence-electron chi connectivity index (χ0n) is 17.6. The number of nitrogens with zero attached hydrogens (tertiary/aromatic N) is 2. The van der Waals surface area contributed by atoms with Gasteiger partial charge in [0, 0.05) is 35.1 Å². The second-order valence-corrected chi connectivity index (χ2v) is 8.50. The van der Waals surface area contributed by atoms with Crippen molar-refractivity contribution in [3.63, 3.8) is 0 Å². The number of nitrogens with one attached hydrogen (secondary N) is 1. The Hall–Kier alpha value is -3.20. The molecule has 0 aromatic heterocycles. The van der Waals surface area contributed by atoms with E-state index in [1.807, 2.05) is 0 Å². The number of halogens is 3. The lowest BCUT2D eigenvalue weighted by atomic mass is 9.86. The number of piperidine rings is 1. The molecular weight excluding hydrogens is 465 g/mol. The van der Waals surface area contributed by atoms with Crippen LogP contribution < -0.4 is 5.32 Å². The lowest BCUT2D eigenvalue weighted by molar-refractivity contribution is -0.154. The first-order valence-corrected chi connectivity index (χ1v) is 10.6. The summed E-state index contributed by atoms with van der Waals surface area (Å²) in [6, 6.07) is 8.03. The lowest BCUT2D eigenvalue weighted by Crippen LogP contribution is -2.53. The van der Waals surface area contributed by atoms with E-state index < -0.39 is 47.1 Å². The molecule has 34 heavy (non-hydrogen) atoms. The van der Waals surface area contributed by atoms with Crippen molar-refractivity contribution in [1.82, 2.24) is 15.0 Å². The van der Waals surface area contributed by atoms with Gasteiger partial charge < -0.3 is 9.71 Å². The van der Waals surface area contributed by atoms with Gasteiger partial charge in [-0.05, 0) is 35.7 Å². The summed E-state index contributed by atoms with van der Waals surface area (Å²) in [4.78, 5) is 50.5. The van der Waals surface area contributed by atoms with Crippen molar-refractivity contribution >= 4 is 51.1 Å². The molecule has 2 atom stereocenters. The van der Waals surface area contributed by atoms with Crippen molar-refractivity contribution < 1.29 is 28.0 Å². The van der Waals surface area contributed by atoms with Gasteiger partial charge >= 0.3 is 5.92 Å². The summed E-state index contributed by atoms with van der Waals surface area (Å²) in [6.07, 6.45) is 0.205. The quantitative estimate of drug-likeness (QED) is 0.523. The summed E-state index contributed by atoms with van der Waals surface area (Å²) in [5.74, 6) is -8.03. The first-order chi connectivity index (χ1) is 16.0. The van der Waals surface area contributed by atoms with E-state index in [2.05, 4.69) is 5.32 Å². The van der Waals surface area contributed by atoms with Crippen LogP contribution in [0.15, 0.2) is 42.5 Å². The minimum atomic E-state index is -3.88. The molecule has 4 radical (unpaired) electrons. The van der Waals surface area contributed by atoms with E-state index in [0.29, 0.717) is 15.9 Å². The summed E-state index contributed by atoms with van der Waals surface area (Å²) in [5.41, 5.74) is 0.397. The van der Waals surface area contributed by atoms with Crippen LogP contribution in [0.25, 0.3) is 0 Å². The van der Waals surface area contributed by atoms with Crippen LogP contribution >= 0.6 is 11.6 Å². The molecule has 0 bridgehead atoms. The van der Waals surface area contributed by atoms with Gasteiger partial charge in [0.05, 0.1) is 0 Å². The highest BCUT2D eigenvalue weighted by Gasteiger charge is 2.44. The zero-order valence-corrected chi connectivity index (χ0v) is 18.4. The minimum Gasteiger partial charge on any atom is -0.387 e. The molecule has 1 fully saturated rings. The summed E-state index contributed by atoms with van der Waals surface area (Å²) in [5, 5.41) is 2.43. The minimum absolute atomic E-state index is 0.0700. The molecule has 0 spiro atoms. The third-order valence-electron chi connectivity index (χ3n) is 5.83. The standard InChI is InChI=1S/C22H16B2ClF2N3O4/c23-18-15-9-11(10-29(24)21(34)22(26,27)12-2-4-13(25)5-3-12)1-6-14(15)20(33)30(18)16-7-8-17(31)28-19(16)32/h1-6,9,16,18H,7-8,10H2,(H,28,31,32). The zero-order chi connectivity index (χ0) is 24.8. The van der Waals surface area contributed by atoms with Gasteiger partial charge in [-0.1, -0.05) is 35.9 Å². The highest BCUT2D eigenvalue weighted by atomic mass is 35.5. The third kappa shape index (κ3) is 4.20. The number of benzene rings is 2. The van der Waals surface area contributed by atoms with Crippen molar-refractivity contribution in [2.24, 2.45) is 0 Å². The number of amides is 4. The van der Waals surface area contributed by atoms with Crippen LogP contribution in [-0.2, 0) is 26.9 Å². The molecule has 0 saturated carbocycles. The van der Waals surface area contributed by atoms with Crippen molar-refractivity contribution in [3.05, 3.63) is 69.7 Å². The van der Waals surface area contributed by atoms with Gasteiger partial charge in [0.2, 0.25) is 19.8 Å². The molecule has 1 saturated heterocycles. The Bertz CT molecular complexity index is 1200. The average molecular weight is 481 g/mol. The fourth-order valence-corrected chi connectivity index (χ4v) is 4.21. The van der Waals surface area contributed by atoms with E-state index in [1.54, 1.807) is 0 Å². The van der Waals surface area contributed by atoms with Gasteiger partial charge in [0.15, 0.2) is 0 Å². The first-order valence-electron chi connectivity index (χ1n) is 10.3. The number of carbonyl (C=O) groups is 4. The van der Waals surface area contributed by atoms with Crippen molar-refractivity contribution in [2.75, 3.05) is 0 Å². The predicted molar refractivity (Wildman–Crippen MR) is 119 cm³/mol. The molecule has 2 aliphatic rings. The van der Waals surface area contributed by atoms with E-state index in [-0.39, 0.29) is 30.0 Å². The smallest absolute Gasteiger partial charge is 0.348 e. The van der Waals surface area contributed by atoms with Gasteiger partial charge in [-0.2, -0.15) is 8.78 Å². The van der Waals surface area contributed by atoms with Crippen molar-refractivity contribution in [3.8, 4) is 0 Å². The van der Waals surface area contributed by atoms with Gasteiger partial charge in [-0.25, -0.2) is 0 Å². The summed E-state index contributed by atoms with van der Waals surface area (Å²) in [6.45, 7) is -0.380. The normalized spacial score (nSPS) is 20.2. The fourth-order valence-electron chi connectivity index (χ4n) is 4.08. The molecule has 0 aliphatic carbocycles. The van der Waals surface area contributed by atoms with E-state index in [9.17, 15) is 28.0 Å². The topological polar surface area (TPSA) is 86.8 Å². The molecular formula is C22H16B2ClF2N3O4. The highest BCUT2D eigenvalue weighted by molar-refractivity contribution is 6.30. The van der Waals surface area contributed by atoms with E-state index in [0.717, 1.165) is 12.1 Å². The van der Waals surface area contributed by atoms with Gasteiger partial charge in [-0.15, -0.1) is 0 Å². The van der Waals surface area contributed by atoms with Crippen LogP contribution in [0.3, 0.4) is 0 Å². The third-order valence-corrected chi connectivity index (χ3v) is 6.09. The number of hydrogen-bond acceptors (Lipinski definition) is 4. The van der Waals surface area contributed by atoms with E-state index in [1.165, 1.54) is 35.2 Å². The van der Waals surface area contributed by atoms with Crippen LogP contribution in [0.5, 0.6) is 0 Å². The highest BCUT2D eigenvalue weighted by Crippen LogP contribution is 2.36. The van der Waals surface area contributed by atoms with Gasteiger partial charge in [0.1, 0.15) is 13.9 Å². The molecule has 1 N–H and O–H groups in total. The summed E-state index contributed by atoms with van der Waals surface area (Å²) in [7, 11) is 11.9. The number of hydrogen-bond donors (Lipinski definition) is 1. The fraction of sp³-hybridized carbons (Fsp3) is 0.273. The molecule has 4 amide bonds. The van der Waals surface area contributed by atoms with Crippen LogP contribution in [-0.4, -0.2) is 55.2 Å². The van der Waals surface area contributed by atoms with Crippen LogP contribution in [0.2, 0.25) is 5.02 Å². The molecule has 2 heterocycles. The average Bonchev–Trinajstić information content (AvgIpc) is 3.03. The Morgan fingerprint density at radius 2 is 1.85 bits per heavy atom. The molecule has 2 unspecified atom stereocenters. The SMILES string of the molecule is [B]C1c2cc(CN([B])C(=O)C(F)(F)c3ccc(Cl)cc3)ccc2C(=O)N1C1CCC(=O)NC1=O. The number of fused-ring (bicyclic) bond motifs is 1. The summed E-state index contributed by atoms with van der Waals surface area (Å²) < 4.78 is 29.3. The monoisotopic (exact) mass is 481 g/mol. The predicted octanol–water partition coefficient (Wildman–Crippen LogP) is 1.97. The molecule has 7 nitrogen and oxygen atoms in total. The largest absolute Gasteiger partial charge is 0.387 e. The number of carbonyl (C=O) groups excluding carboxylic acids is 4. The molecule has 2 aromatic carbocycles. The number of alkyl halides is 2. The Kier molecular flexibility index (Phi) is 6.24. The van der Waals surface area contributed by atoms with Gasteiger partial charge in [-0.3, -0.25) is 24.5 Å². The molecule has 170 valence electrons. The maximum absolute atomic E-state index is 14.6. The molecule has 12 heteroatoms. The molecule has 4 rings (SSSR count). The van der Waals surface area contributed by atoms with Crippen molar-refractivity contribution in [2.45, 2.75) is 37.3 Å². The van der Waals surface area contributed by atoms with E-state index in [4.69, 9.17) is 27.4 Å². The van der Waals surface area contributed by atoms with Crippen LogP contribution in [0.1, 0.15) is 45.8 Å². The van der Waals surface area contributed by atoms with Crippen LogP contribution in [0.4, 0.5) is 8.78 Å². The Morgan fingerprint density at radius 1 is 1.18 bits per heavy atom. The Balaban J connectivity index is 1.52.